The van der Waals surface area contributed by atoms with Crippen molar-refractivity contribution in [2.45, 2.75) is 0 Å². The van der Waals surface area contributed by atoms with Crippen LogP contribution in [0.15, 0.2) is 41.0 Å². The normalized spacial score (nSPS) is 10.7. The van der Waals surface area contributed by atoms with Crippen molar-refractivity contribution in [2.24, 2.45) is 0 Å². The molecule has 23 heavy (non-hydrogen) atoms. The minimum absolute atomic E-state index is 0.452. The second-order valence-corrected chi connectivity index (χ2v) is 4.34. The molecule has 1 heterocycles. The molecule has 5 nitrogen and oxygen atoms in total. The Labute approximate surface area is 128 Å². The fraction of sp³-hybridized carbons (Fsp3) is 0.0667. The first-order valence-electron chi connectivity index (χ1n) is 6.40. The zero-order valence-corrected chi connectivity index (χ0v) is 11.6. The average molecular weight is 324 g/mol. The van der Waals surface area contributed by atoms with Crippen LogP contribution in [0.3, 0.4) is 0 Å². The molecule has 1 aromatic carbocycles. The van der Waals surface area contributed by atoms with Crippen molar-refractivity contribution >= 4 is 23.6 Å². The Kier molecular flexibility index (Phi) is 5.19. The second-order valence-electron chi connectivity index (χ2n) is 4.34. The third-order valence-electron chi connectivity index (χ3n) is 2.67. The lowest BCUT2D eigenvalue weighted by Gasteiger charge is -2.07. The molecule has 2 aromatic rings. The van der Waals surface area contributed by atoms with E-state index in [1.807, 2.05) is 5.32 Å². The van der Waals surface area contributed by atoms with Gasteiger partial charge >= 0.3 is 0 Å². The molecule has 0 aliphatic carbocycles. The highest BCUT2D eigenvalue weighted by Gasteiger charge is 2.15. The molecule has 2 N–H and O–H groups in total. The molecule has 2 rings (SSSR count). The molecule has 0 spiro atoms. The molecular weight excluding hydrogens is 313 g/mol. The Hall–Kier alpha value is -3.03. The van der Waals surface area contributed by atoms with Gasteiger partial charge < -0.3 is 15.1 Å². The minimum atomic E-state index is -1.69. The summed E-state index contributed by atoms with van der Waals surface area (Å²) in [5.74, 6) is -5.49. The summed E-state index contributed by atoms with van der Waals surface area (Å²) in [5.41, 5.74) is -0.519. The maximum Gasteiger partial charge on any atom is 0.244 e. The van der Waals surface area contributed by atoms with Crippen LogP contribution in [0.5, 0.6) is 0 Å². The standard InChI is InChI=1S/C15H11F3N2O3/c16-10-4-5-11(15(18)14(10)17)20-13(22)8-19-12(21)6-3-9-2-1-7-23-9/h1-7H,8H2,(H,19,21)(H,20,22). The van der Waals surface area contributed by atoms with Crippen LogP contribution in [0.4, 0.5) is 18.9 Å². The van der Waals surface area contributed by atoms with Gasteiger partial charge in [0.05, 0.1) is 18.5 Å². The zero-order chi connectivity index (χ0) is 16.8. The Bertz CT molecular complexity index is 743. The summed E-state index contributed by atoms with van der Waals surface area (Å²) in [7, 11) is 0. The number of benzene rings is 1. The Morgan fingerprint density at radius 3 is 2.61 bits per heavy atom. The van der Waals surface area contributed by atoms with Crippen LogP contribution in [0.25, 0.3) is 6.08 Å². The van der Waals surface area contributed by atoms with E-state index in [1.54, 1.807) is 12.1 Å². The maximum atomic E-state index is 13.4. The number of hydrogen-bond donors (Lipinski definition) is 2. The van der Waals surface area contributed by atoms with Crippen LogP contribution in [0.2, 0.25) is 0 Å². The van der Waals surface area contributed by atoms with Crippen molar-refractivity contribution in [3.8, 4) is 0 Å². The van der Waals surface area contributed by atoms with Crippen LogP contribution >= 0.6 is 0 Å². The number of halogens is 3. The van der Waals surface area contributed by atoms with Crippen molar-refractivity contribution < 1.29 is 27.2 Å². The molecule has 120 valence electrons. The maximum absolute atomic E-state index is 13.4. The van der Waals surface area contributed by atoms with Crippen molar-refractivity contribution in [2.75, 3.05) is 11.9 Å². The molecule has 0 aliphatic rings. The van der Waals surface area contributed by atoms with Gasteiger partial charge in [0.25, 0.3) is 0 Å². The van der Waals surface area contributed by atoms with Gasteiger partial charge in [-0.3, -0.25) is 9.59 Å². The molecule has 0 saturated heterocycles. The van der Waals surface area contributed by atoms with Gasteiger partial charge in [0, 0.05) is 6.08 Å². The predicted octanol–water partition coefficient (Wildman–Crippen LogP) is 2.46. The van der Waals surface area contributed by atoms with E-state index in [4.69, 9.17) is 4.42 Å². The van der Waals surface area contributed by atoms with E-state index < -0.39 is 41.5 Å². The van der Waals surface area contributed by atoms with E-state index in [2.05, 4.69) is 5.32 Å². The summed E-state index contributed by atoms with van der Waals surface area (Å²) < 4.78 is 44.1. The molecule has 0 fully saturated rings. The van der Waals surface area contributed by atoms with Gasteiger partial charge in [-0.1, -0.05) is 0 Å². The number of amides is 2. The number of furan rings is 1. The molecule has 0 radical (unpaired) electrons. The fourth-order valence-corrected chi connectivity index (χ4v) is 1.59. The van der Waals surface area contributed by atoms with Gasteiger partial charge in [-0.15, -0.1) is 0 Å². The summed E-state index contributed by atoms with van der Waals surface area (Å²) in [6, 6.07) is 4.83. The van der Waals surface area contributed by atoms with Crippen LogP contribution in [-0.4, -0.2) is 18.4 Å². The minimum Gasteiger partial charge on any atom is -0.465 e. The predicted molar refractivity (Wildman–Crippen MR) is 75.7 cm³/mol. The highest BCUT2D eigenvalue weighted by Crippen LogP contribution is 2.19. The van der Waals surface area contributed by atoms with Crippen LogP contribution in [-0.2, 0) is 9.59 Å². The Morgan fingerprint density at radius 1 is 1.13 bits per heavy atom. The molecule has 8 heteroatoms. The van der Waals surface area contributed by atoms with Crippen LogP contribution < -0.4 is 10.6 Å². The summed E-state index contributed by atoms with van der Waals surface area (Å²) >= 11 is 0. The lowest BCUT2D eigenvalue weighted by Crippen LogP contribution is -2.32. The summed E-state index contributed by atoms with van der Waals surface area (Å²) in [5, 5.41) is 4.27. The summed E-state index contributed by atoms with van der Waals surface area (Å²) in [6.07, 6.45) is 3.97. The number of nitrogens with one attached hydrogen (secondary N) is 2. The third kappa shape index (κ3) is 4.47. The number of anilines is 1. The lowest BCUT2D eigenvalue weighted by molar-refractivity contribution is -0.121. The van der Waals surface area contributed by atoms with Crippen molar-refractivity contribution in [1.82, 2.24) is 5.32 Å². The third-order valence-corrected chi connectivity index (χ3v) is 2.67. The number of rotatable bonds is 5. The fourth-order valence-electron chi connectivity index (χ4n) is 1.59. The van der Waals surface area contributed by atoms with Gasteiger partial charge in [-0.05, 0) is 30.3 Å². The highest BCUT2D eigenvalue weighted by atomic mass is 19.2. The number of hydrogen-bond acceptors (Lipinski definition) is 3. The van der Waals surface area contributed by atoms with Crippen molar-refractivity contribution in [1.29, 1.82) is 0 Å². The summed E-state index contributed by atoms with van der Waals surface area (Å²) in [4.78, 5) is 23.0. The molecule has 0 bridgehead atoms. The van der Waals surface area contributed by atoms with Crippen molar-refractivity contribution in [3.05, 3.63) is 59.8 Å². The second kappa shape index (κ2) is 7.30. The smallest absolute Gasteiger partial charge is 0.244 e. The van der Waals surface area contributed by atoms with Gasteiger partial charge in [-0.2, -0.15) is 0 Å². The summed E-state index contributed by atoms with van der Waals surface area (Å²) in [6.45, 7) is -0.472. The van der Waals surface area contributed by atoms with E-state index >= 15 is 0 Å². The zero-order valence-electron chi connectivity index (χ0n) is 11.6. The molecular formula is C15H11F3N2O3. The molecule has 0 aliphatic heterocycles. The molecule has 0 atom stereocenters. The van der Waals surface area contributed by atoms with E-state index in [0.29, 0.717) is 11.8 Å². The van der Waals surface area contributed by atoms with Gasteiger partial charge in [-0.25, -0.2) is 13.2 Å². The average Bonchev–Trinajstić information content (AvgIpc) is 3.05. The van der Waals surface area contributed by atoms with Gasteiger partial charge in [0.2, 0.25) is 11.8 Å². The number of carbonyl (C=O) groups excluding carboxylic acids is 2. The largest absolute Gasteiger partial charge is 0.465 e. The first kappa shape index (κ1) is 16.3. The van der Waals surface area contributed by atoms with E-state index in [0.717, 1.165) is 12.1 Å². The first-order valence-corrected chi connectivity index (χ1v) is 6.40. The first-order chi connectivity index (χ1) is 11.0. The Morgan fingerprint density at radius 2 is 1.91 bits per heavy atom. The SMILES string of the molecule is O=C(C=Cc1ccco1)NCC(=O)Nc1ccc(F)c(F)c1F. The van der Waals surface area contributed by atoms with E-state index in [-0.39, 0.29) is 0 Å². The highest BCUT2D eigenvalue weighted by molar-refractivity contribution is 5.97. The molecule has 2 amide bonds. The van der Waals surface area contributed by atoms with Gasteiger partial charge in [0.1, 0.15) is 5.76 Å². The van der Waals surface area contributed by atoms with Crippen LogP contribution in [0, 0.1) is 17.5 Å². The molecule has 1 aromatic heterocycles. The molecule has 0 unspecified atom stereocenters. The molecule has 0 saturated carbocycles. The topological polar surface area (TPSA) is 71.3 Å². The quantitative estimate of drug-likeness (QED) is 0.655. The van der Waals surface area contributed by atoms with E-state index in [1.165, 1.54) is 12.3 Å². The lowest BCUT2D eigenvalue weighted by atomic mass is 10.2. The van der Waals surface area contributed by atoms with Crippen LogP contribution in [0.1, 0.15) is 5.76 Å². The van der Waals surface area contributed by atoms with Crippen molar-refractivity contribution in [3.63, 3.8) is 0 Å². The number of carbonyl (C=O) groups is 2. The monoisotopic (exact) mass is 324 g/mol. The Balaban J connectivity index is 1.86. The van der Waals surface area contributed by atoms with E-state index in [9.17, 15) is 22.8 Å². The van der Waals surface area contributed by atoms with Gasteiger partial charge in [0.15, 0.2) is 17.5 Å².